The van der Waals surface area contributed by atoms with E-state index in [1.807, 2.05) is 32.9 Å². The molecule has 1 N–H and O–H groups in total. The minimum absolute atomic E-state index is 0.277. The van der Waals surface area contributed by atoms with Gasteiger partial charge in [-0.2, -0.15) is 0 Å². The number of nitrogens with zero attached hydrogens (tertiary/aromatic N) is 2. The van der Waals surface area contributed by atoms with Crippen LogP contribution in [0.25, 0.3) is 0 Å². The van der Waals surface area contributed by atoms with Crippen LogP contribution < -0.4 is 5.32 Å². The van der Waals surface area contributed by atoms with Crippen LogP contribution >= 0.6 is 0 Å². The molecule has 0 bridgehead atoms. The minimum Gasteiger partial charge on any atom is -0.444 e. The number of ether oxygens (including phenoxy) is 1. The predicted octanol–water partition coefficient (Wildman–Crippen LogP) is 2.24. The highest BCUT2D eigenvalue weighted by molar-refractivity contribution is 5.69. The fourth-order valence-electron chi connectivity index (χ4n) is 1.80. The number of hydrogen-bond donors (Lipinski definition) is 1. The van der Waals surface area contributed by atoms with Crippen molar-refractivity contribution < 1.29 is 9.53 Å². The molecule has 0 aromatic carbocycles. The molecule has 0 saturated heterocycles. The van der Waals surface area contributed by atoms with Crippen LogP contribution in [0.1, 0.15) is 26.3 Å². The van der Waals surface area contributed by atoms with Gasteiger partial charge in [-0.1, -0.05) is 6.07 Å². The van der Waals surface area contributed by atoms with E-state index in [0.717, 1.165) is 11.4 Å². The molecule has 1 aliphatic rings. The molecule has 5 nitrogen and oxygen atoms in total. The van der Waals surface area contributed by atoms with Gasteiger partial charge in [0.1, 0.15) is 11.4 Å². The molecule has 0 fully saturated rings. The van der Waals surface area contributed by atoms with Crippen LogP contribution in [-0.4, -0.2) is 34.7 Å². The monoisotopic (exact) mass is 249 g/mol. The molecule has 1 aromatic rings. The molecule has 2 rings (SSSR count). The van der Waals surface area contributed by atoms with Crippen molar-refractivity contribution in [2.45, 2.75) is 32.9 Å². The number of carbonyl (C=O) groups is 1. The number of amides is 1. The lowest BCUT2D eigenvalue weighted by Gasteiger charge is -2.26. The van der Waals surface area contributed by atoms with E-state index in [1.54, 1.807) is 11.1 Å². The van der Waals surface area contributed by atoms with Gasteiger partial charge in [0.2, 0.25) is 0 Å². The number of hydrogen-bond acceptors (Lipinski definition) is 4. The zero-order valence-corrected chi connectivity index (χ0v) is 11.1. The van der Waals surface area contributed by atoms with Gasteiger partial charge in [0, 0.05) is 24.8 Å². The van der Waals surface area contributed by atoms with Gasteiger partial charge in [-0.3, -0.25) is 0 Å². The Morgan fingerprint density at radius 3 is 3.00 bits per heavy atom. The maximum atomic E-state index is 12.0. The van der Waals surface area contributed by atoms with Crippen LogP contribution in [0.15, 0.2) is 18.3 Å². The SMILES string of the molecule is CC(C)(C)OC(=O)N1CCNc2ncccc2C1. The third-order valence-corrected chi connectivity index (χ3v) is 2.58. The van der Waals surface area contributed by atoms with Crippen molar-refractivity contribution in [1.29, 1.82) is 0 Å². The zero-order chi connectivity index (χ0) is 13.2. The number of anilines is 1. The fraction of sp³-hybridized carbons (Fsp3) is 0.538. The van der Waals surface area contributed by atoms with Crippen LogP contribution in [0.5, 0.6) is 0 Å². The van der Waals surface area contributed by atoms with Gasteiger partial charge < -0.3 is 15.0 Å². The summed E-state index contributed by atoms with van der Waals surface area (Å²) in [4.78, 5) is 18.0. The van der Waals surface area contributed by atoms with E-state index < -0.39 is 5.60 Å². The summed E-state index contributed by atoms with van der Waals surface area (Å²) in [5.41, 5.74) is 0.551. The Morgan fingerprint density at radius 2 is 2.28 bits per heavy atom. The lowest BCUT2D eigenvalue weighted by atomic mass is 10.2. The Balaban J connectivity index is 2.10. The summed E-state index contributed by atoms with van der Waals surface area (Å²) < 4.78 is 5.39. The Kier molecular flexibility index (Phi) is 3.41. The second-order valence-electron chi connectivity index (χ2n) is 5.34. The third kappa shape index (κ3) is 3.12. The summed E-state index contributed by atoms with van der Waals surface area (Å²) in [5.74, 6) is 0.851. The number of carbonyl (C=O) groups excluding carboxylic acids is 1. The molecular formula is C13H19N3O2. The average Bonchev–Trinajstić information content (AvgIpc) is 2.48. The van der Waals surface area contributed by atoms with Gasteiger partial charge in [0.25, 0.3) is 0 Å². The summed E-state index contributed by atoms with van der Waals surface area (Å²) in [7, 11) is 0. The van der Waals surface area contributed by atoms with Crippen LogP contribution in [0.2, 0.25) is 0 Å². The molecule has 0 saturated carbocycles. The lowest BCUT2D eigenvalue weighted by molar-refractivity contribution is 0.0245. The summed E-state index contributed by atoms with van der Waals surface area (Å²) in [6.07, 6.45) is 1.47. The van der Waals surface area contributed by atoms with E-state index >= 15 is 0 Å². The van der Waals surface area contributed by atoms with Crippen molar-refractivity contribution in [3.8, 4) is 0 Å². The second-order valence-corrected chi connectivity index (χ2v) is 5.34. The summed E-state index contributed by atoms with van der Waals surface area (Å²) in [5, 5.41) is 3.21. The Bertz CT molecular complexity index is 440. The van der Waals surface area contributed by atoms with Crippen molar-refractivity contribution in [3.05, 3.63) is 23.9 Å². The van der Waals surface area contributed by atoms with Crippen LogP contribution in [0.4, 0.5) is 10.6 Å². The fourth-order valence-corrected chi connectivity index (χ4v) is 1.80. The molecule has 0 aliphatic carbocycles. The number of rotatable bonds is 0. The first-order valence-electron chi connectivity index (χ1n) is 6.11. The lowest BCUT2D eigenvalue weighted by Crippen LogP contribution is -2.37. The highest BCUT2D eigenvalue weighted by Gasteiger charge is 2.24. The molecule has 2 heterocycles. The highest BCUT2D eigenvalue weighted by atomic mass is 16.6. The first kappa shape index (κ1) is 12.7. The second kappa shape index (κ2) is 4.84. The van der Waals surface area contributed by atoms with Crippen molar-refractivity contribution in [3.63, 3.8) is 0 Å². The molecule has 0 radical (unpaired) electrons. The number of nitrogens with one attached hydrogen (secondary N) is 1. The average molecular weight is 249 g/mol. The molecule has 18 heavy (non-hydrogen) atoms. The molecule has 0 unspecified atom stereocenters. The van der Waals surface area contributed by atoms with Crippen LogP contribution in [0.3, 0.4) is 0 Å². The molecule has 0 atom stereocenters. The Morgan fingerprint density at radius 1 is 1.50 bits per heavy atom. The molecular weight excluding hydrogens is 230 g/mol. The van der Waals surface area contributed by atoms with E-state index in [-0.39, 0.29) is 6.09 Å². The standard InChI is InChI=1S/C13H19N3O2/c1-13(2,3)18-12(17)16-8-7-15-11-10(9-16)5-4-6-14-11/h4-6H,7-9H2,1-3H3,(H,14,15). The van der Waals surface area contributed by atoms with Crippen molar-refractivity contribution >= 4 is 11.9 Å². The third-order valence-electron chi connectivity index (χ3n) is 2.58. The van der Waals surface area contributed by atoms with E-state index in [9.17, 15) is 4.79 Å². The van der Waals surface area contributed by atoms with Gasteiger partial charge in [0.05, 0.1) is 6.54 Å². The Hall–Kier alpha value is -1.78. The molecule has 98 valence electrons. The maximum absolute atomic E-state index is 12.0. The van der Waals surface area contributed by atoms with Gasteiger partial charge in [-0.15, -0.1) is 0 Å². The van der Waals surface area contributed by atoms with Crippen LogP contribution in [-0.2, 0) is 11.3 Å². The maximum Gasteiger partial charge on any atom is 0.410 e. The largest absolute Gasteiger partial charge is 0.444 e. The number of aromatic nitrogens is 1. The van der Waals surface area contributed by atoms with Gasteiger partial charge in [-0.25, -0.2) is 9.78 Å². The molecule has 1 amide bonds. The van der Waals surface area contributed by atoms with Crippen molar-refractivity contribution in [1.82, 2.24) is 9.88 Å². The molecule has 0 spiro atoms. The van der Waals surface area contributed by atoms with Gasteiger partial charge in [-0.05, 0) is 26.8 Å². The number of pyridine rings is 1. The molecule has 5 heteroatoms. The van der Waals surface area contributed by atoms with Crippen LogP contribution in [0, 0.1) is 0 Å². The quantitative estimate of drug-likeness (QED) is 0.766. The molecule has 1 aromatic heterocycles. The number of fused-ring (bicyclic) bond motifs is 1. The van der Waals surface area contributed by atoms with Gasteiger partial charge >= 0.3 is 6.09 Å². The van der Waals surface area contributed by atoms with Crippen molar-refractivity contribution in [2.24, 2.45) is 0 Å². The smallest absolute Gasteiger partial charge is 0.410 e. The minimum atomic E-state index is -0.464. The predicted molar refractivity (Wildman–Crippen MR) is 69.4 cm³/mol. The van der Waals surface area contributed by atoms with Crippen molar-refractivity contribution in [2.75, 3.05) is 18.4 Å². The molecule has 1 aliphatic heterocycles. The van der Waals surface area contributed by atoms with E-state index in [0.29, 0.717) is 19.6 Å². The first-order valence-corrected chi connectivity index (χ1v) is 6.11. The van der Waals surface area contributed by atoms with Gasteiger partial charge in [0.15, 0.2) is 0 Å². The normalized spacial score (nSPS) is 15.4. The van der Waals surface area contributed by atoms with E-state index in [2.05, 4.69) is 10.3 Å². The Labute approximate surface area is 107 Å². The topological polar surface area (TPSA) is 54.5 Å². The van der Waals surface area contributed by atoms with E-state index in [4.69, 9.17) is 4.74 Å². The highest BCUT2D eigenvalue weighted by Crippen LogP contribution is 2.19. The first-order chi connectivity index (χ1) is 8.46. The summed E-state index contributed by atoms with van der Waals surface area (Å²) in [6, 6.07) is 3.84. The zero-order valence-electron chi connectivity index (χ0n) is 11.1. The van der Waals surface area contributed by atoms with E-state index in [1.165, 1.54) is 0 Å². The summed E-state index contributed by atoms with van der Waals surface area (Å²) in [6.45, 7) is 7.45. The summed E-state index contributed by atoms with van der Waals surface area (Å²) >= 11 is 0.